The number of aromatic nitrogens is 2. The summed E-state index contributed by atoms with van der Waals surface area (Å²) in [5.74, 6) is 1.67. The summed E-state index contributed by atoms with van der Waals surface area (Å²) in [5, 5.41) is 2.93. The normalized spacial score (nSPS) is 10.4. The Kier molecular flexibility index (Phi) is 5.46. The number of nitrogens with zero attached hydrogens (tertiary/aromatic N) is 1. The van der Waals surface area contributed by atoms with Crippen LogP contribution < -0.4 is 10.1 Å². The summed E-state index contributed by atoms with van der Waals surface area (Å²) in [5.41, 5.74) is 2.70. The van der Waals surface area contributed by atoms with E-state index < -0.39 is 0 Å². The third kappa shape index (κ3) is 4.94. The van der Waals surface area contributed by atoms with Gasteiger partial charge in [-0.15, -0.1) is 0 Å². The van der Waals surface area contributed by atoms with Crippen LogP contribution in [-0.4, -0.2) is 22.5 Å². The van der Waals surface area contributed by atoms with Crippen molar-refractivity contribution in [3.05, 3.63) is 66.6 Å². The van der Waals surface area contributed by atoms with Crippen molar-refractivity contribution in [3.8, 4) is 17.0 Å². The van der Waals surface area contributed by atoms with Crippen LogP contribution in [0.5, 0.6) is 5.75 Å². The zero-order chi connectivity index (χ0) is 17.5. The van der Waals surface area contributed by atoms with Crippen LogP contribution >= 0.6 is 0 Å². The summed E-state index contributed by atoms with van der Waals surface area (Å²) in [6.45, 7) is 2.43. The molecule has 0 radical (unpaired) electrons. The second kappa shape index (κ2) is 8.15. The Morgan fingerprint density at radius 1 is 1.16 bits per heavy atom. The highest BCUT2D eigenvalue weighted by Crippen LogP contribution is 2.21. The van der Waals surface area contributed by atoms with Crippen molar-refractivity contribution >= 4 is 11.6 Å². The van der Waals surface area contributed by atoms with Gasteiger partial charge in [0.15, 0.2) is 0 Å². The van der Waals surface area contributed by atoms with Gasteiger partial charge in [0.2, 0.25) is 5.91 Å². The molecule has 2 N–H and O–H groups in total. The fraction of sp³-hybridized carbons (Fsp3) is 0.200. The highest BCUT2D eigenvalue weighted by molar-refractivity contribution is 5.91. The molecule has 0 saturated carbocycles. The van der Waals surface area contributed by atoms with Crippen molar-refractivity contribution in [1.29, 1.82) is 0 Å². The van der Waals surface area contributed by atoms with Crippen LogP contribution in [0.4, 0.5) is 5.69 Å². The van der Waals surface area contributed by atoms with Gasteiger partial charge in [-0.1, -0.05) is 30.3 Å². The number of anilines is 1. The molecule has 0 bridgehead atoms. The third-order valence-electron chi connectivity index (χ3n) is 3.72. The van der Waals surface area contributed by atoms with E-state index >= 15 is 0 Å². The molecule has 5 nitrogen and oxygen atoms in total. The number of nitrogens with one attached hydrogen (secondary N) is 2. The van der Waals surface area contributed by atoms with E-state index in [0.717, 1.165) is 28.5 Å². The molecule has 0 spiro atoms. The van der Waals surface area contributed by atoms with Crippen LogP contribution in [0.2, 0.25) is 0 Å². The summed E-state index contributed by atoms with van der Waals surface area (Å²) in [6.07, 6.45) is 2.87. The smallest absolute Gasteiger partial charge is 0.224 e. The van der Waals surface area contributed by atoms with Crippen LogP contribution in [0.25, 0.3) is 11.3 Å². The number of hydrogen-bond acceptors (Lipinski definition) is 3. The lowest BCUT2D eigenvalue weighted by molar-refractivity contribution is -0.116. The average Bonchev–Trinajstić information content (AvgIpc) is 3.06. The van der Waals surface area contributed by atoms with Crippen LogP contribution in [0, 0.1) is 6.92 Å². The van der Waals surface area contributed by atoms with Gasteiger partial charge in [-0.25, -0.2) is 4.98 Å². The van der Waals surface area contributed by atoms with Crippen molar-refractivity contribution < 1.29 is 9.53 Å². The first-order valence-electron chi connectivity index (χ1n) is 8.30. The number of para-hydroxylation sites is 1. The van der Waals surface area contributed by atoms with E-state index in [1.807, 2.05) is 61.5 Å². The number of benzene rings is 2. The number of amides is 1. The fourth-order valence-corrected chi connectivity index (χ4v) is 2.49. The van der Waals surface area contributed by atoms with E-state index in [2.05, 4.69) is 15.3 Å². The molecule has 1 amide bonds. The van der Waals surface area contributed by atoms with Crippen LogP contribution in [0.3, 0.4) is 0 Å². The van der Waals surface area contributed by atoms with Gasteiger partial charge in [0, 0.05) is 17.7 Å². The summed E-state index contributed by atoms with van der Waals surface area (Å²) in [4.78, 5) is 19.5. The van der Waals surface area contributed by atoms with Gasteiger partial charge in [0.25, 0.3) is 0 Å². The number of carbonyl (C=O) groups is 1. The highest BCUT2D eigenvalue weighted by atomic mass is 16.5. The Morgan fingerprint density at radius 2 is 2.00 bits per heavy atom. The number of imidazole rings is 1. The van der Waals surface area contributed by atoms with Crippen molar-refractivity contribution in [2.24, 2.45) is 0 Å². The molecule has 0 aliphatic heterocycles. The molecule has 3 rings (SSSR count). The predicted molar refractivity (Wildman–Crippen MR) is 98.6 cm³/mol. The van der Waals surface area contributed by atoms with Gasteiger partial charge in [0.05, 0.1) is 18.5 Å². The minimum atomic E-state index is -0.0189. The molecule has 0 unspecified atom stereocenters. The molecule has 0 aliphatic rings. The molecule has 0 saturated heterocycles. The van der Waals surface area contributed by atoms with E-state index in [9.17, 15) is 4.79 Å². The fourth-order valence-electron chi connectivity index (χ4n) is 2.49. The first kappa shape index (κ1) is 16.8. The summed E-state index contributed by atoms with van der Waals surface area (Å²) >= 11 is 0. The third-order valence-corrected chi connectivity index (χ3v) is 3.72. The predicted octanol–water partition coefficient (Wildman–Crippen LogP) is 4.18. The molecular weight excluding hydrogens is 314 g/mol. The maximum Gasteiger partial charge on any atom is 0.224 e. The second-order valence-corrected chi connectivity index (χ2v) is 5.78. The summed E-state index contributed by atoms with van der Waals surface area (Å²) in [7, 11) is 0. The molecule has 1 heterocycles. The van der Waals surface area contributed by atoms with Crippen molar-refractivity contribution in [2.75, 3.05) is 11.9 Å². The molecule has 0 atom stereocenters. The lowest BCUT2D eigenvalue weighted by Crippen LogP contribution is -2.12. The van der Waals surface area contributed by atoms with Gasteiger partial charge >= 0.3 is 0 Å². The van der Waals surface area contributed by atoms with E-state index in [4.69, 9.17) is 4.74 Å². The molecule has 5 heteroatoms. The molecular formula is C20H21N3O2. The van der Waals surface area contributed by atoms with E-state index in [1.165, 1.54) is 0 Å². The zero-order valence-corrected chi connectivity index (χ0v) is 14.2. The molecule has 0 fully saturated rings. The van der Waals surface area contributed by atoms with E-state index in [1.54, 1.807) is 6.20 Å². The molecule has 128 valence electrons. The van der Waals surface area contributed by atoms with E-state index in [0.29, 0.717) is 19.4 Å². The van der Waals surface area contributed by atoms with E-state index in [-0.39, 0.29) is 5.91 Å². The average molecular weight is 335 g/mol. The largest absolute Gasteiger partial charge is 0.494 e. The monoisotopic (exact) mass is 335 g/mol. The quantitative estimate of drug-likeness (QED) is 0.636. The first-order chi connectivity index (χ1) is 12.2. The van der Waals surface area contributed by atoms with Crippen molar-refractivity contribution in [3.63, 3.8) is 0 Å². The zero-order valence-electron chi connectivity index (χ0n) is 14.2. The number of aryl methyl sites for hydroxylation is 1. The number of rotatable bonds is 7. The number of hydrogen-bond donors (Lipinski definition) is 2. The van der Waals surface area contributed by atoms with Gasteiger partial charge < -0.3 is 15.0 Å². The Labute approximate surface area is 147 Å². The molecule has 2 aromatic carbocycles. The Bertz CT molecular complexity index is 828. The number of ether oxygens (including phenoxy) is 1. The summed E-state index contributed by atoms with van der Waals surface area (Å²) < 4.78 is 5.59. The number of aromatic amines is 1. The maximum atomic E-state index is 12.1. The lowest BCUT2D eigenvalue weighted by atomic mass is 10.1. The van der Waals surface area contributed by atoms with Crippen molar-refractivity contribution in [1.82, 2.24) is 9.97 Å². The number of H-pyrrole nitrogens is 1. The lowest BCUT2D eigenvalue weighted by Gasteiger charge is -2.08. The van der Waals surface area contributed by atoms with Gasteiger partial charge in [0.1, 0.15) is 11.6 Å². The standard InChI is InChI=1S/C20H21N3O2/c1-15-21-14-19(22-15)16-7-5-8-17(13-16)23-20(24)11-6-12-25-18-9-3-2-4-10-18/h2-5,7-10,13-14H,6,11-12H2,1H3,(H,21,22)(H,23,24). The molecule has 1 aromatic heterocycles. The Balaban J connectivity index is 1.48. The molecule has 3 aromatic rings. The van der Waals surface area contributed by atoms with Crippen molar-refractivity contribution in [2.45, 2.75) is 19.8 Å². The number of carbonyl (C=O) groups excluding carboxylic acids is 1. The van der Waals surface area contributed by atoms with Gasteiger partial charge in [-0.3, -0.25) is 4.79 Å². The van der Waals surface area contributed by atoms with Gasteiger partial charge in [-0.2, -0.15) is 0 Å². The summed E-state index contributed by atoms with van der Waals surface area (Å²) in [6, 6.07) is 17.3. The molecule has 25 heavy (non-hydrogen) atoms. The van der Waals surface area contributed by atoms with Crippen LogP contribution in [0.15, 0.2) is 60.8 Å². The second-order valence-electron chi connectivity index (χ2n) is 5.78. The Morgan fingerprint density at radius 3 is 2.76 bits per heavy atom. The SMILES string of the molecule is Cc1ncc(-c2cccc(NC(=O)CCCOc3ccccc3)c2)[nH]1. The van der Waals surface area contributed by atoms with Gasteiger partial charge in [-0.05, 0) is 37.6 Å². The minimum absolute atomic E-state index is 0.0189. The topological polar surface area (TPSA) is 67.0 Å². The van der Waals surface area contributed by atoms with Crippen LogP contribution in [-0.2, 0) is 4.79 Å². The van der Waals surface area contributed by atoms with Crippen LogP contribution in [0.1, 0.15) is 18.7 Å². The Hall–Kier alpha value is -3.08. The first-order valence-corrected chi connectivity index (χ1v) is 8.30. The highest BCUT2D eigenvalue weighted by Gasteiger charge is 2.05. The molecule has 0 aliphatic carbocycles. The minimum Gasteiger partial charge on any atom is -0.494 e. The maximum absolute atomic E-state index is 12.1.